The fourth-order valence-electron chi connectivity index (χ4n) is 4.64. The third-order valence-electron chi connectivity index (χ3n) is 6.51. The highest BCUT2D eigenvalue weighted by molar-refractivity contribution is 6.35. The van der Waals surface area contributed by atoms with Crippen LogP contribution in [0.3, 0.4) is 0 Å². The topological polar surface area (TPSA) is 98.0 Å². The van der Waals surface area contributed by atoms with Crippen LogP contribution < -0.4 is 9.47 Å². The first-order valence-corrected chi connectivity index (χ1v) is 14.2. The average molecular weight is 609 g/mol. The van der Waals surface area contributed by atoms with Gasteiger partial charge in [-0.3, -0.25) is 9.59 Å². The molecule has 0 unspecified atom stereocenters. The van der Waals surface area contributed by atoms with Crippen molar-refractivity contribution in [3.8, 4) is 11.5 Å². The molecule has 0 fully saturated rings. The van der Waals surface area contributed by atoms with Gasteiger partial charge in [-0.25, -0.2) is 0 Å². The number of rotatable bonds is 14. The van der Waals surface area contributed by atoms with Crippen LogP contribution in [0, 0.1) is 6.92 Å². The van der Waals surface area contributed by atoms with Gasteiger partial charge in [0, 0.05) is 35.1 Å². The summed E-state index contributed by atoms with van der Waals surface area (Å²) in [5, 5.41) is 20.3. The van der Waals surface area contributed by atoms with Crippen molar-refractivity contribution in [3.63, 3.8) is 0 Å². The van der Waals surface area contributed by atoms with Gasteiger partial charge < -0.3 is 24.3 Å². The highest BCUT2D eigenvalue weighted by Gasteiger charge is 2.14. The van der Waals surface area contributed by atoms with Crippen molar-refractivity contribution in [2.75, 3.05) is 13.2 Å². The van der Waals surface area contributed by atoms with Gasteiger partial charge in [0.05, 0.1) is 11.4 Å². The summed E-state index contributed by atoms with van der Waals surface area (Å²) in [6.07, 6.45) is 9.87. The number of hydrogen-bond donors (Lipinski definition) is 2. The lowest BCUT2D eigenvalue weighted by Crippen LogP contribution is -2.01. The molecule has 218 valence electrons. The molecule has 0 saturated carbocycles. The van der Waals surface area contributed by atoms with Gasteiger partial charge in [-0.1, -0.05) is 59.6 Å². The zero-order valence-corrected chi connectivity index (χ0v) is 24.6. The molecule has 4 aromatic rings. The van der Waals surface area contributed by atoms with Crippen molar-refractivity contribution in [2.24, 2.45) is 0 Å². The highest BCUT2D eigenvalue weighted by atomic mass is 35.5. The van der Waals surface area contributed by atoms with Crippen molar-refractivity contribution in [1.29, 1.82) is 0 Å². The van der Waals surface area contributed by atoms with Crippen LogP contribution in [-0.2, 0) is 22.6 Å². The number of carboxylic acid groups (broad SMARTS) is 2. The molecule has 0 aliphatic heterocycles. The van der Waals surface area contributed by atoms with Gasteiger partial charge in [-0.2, -0.15) is 0 Å². The van der Waals surface area contributed by atoms with E-state index in [2.05, 4.69) is 0 Å². The molecule has 3 aromatic carbocycles. The highest BCUT2D eigenvalue weighted by Crippen LogP contribution is 2.32. The maximum absolute atomic E-state index is 11.5. The minimum Gasteiger partial charge on any atom is -0.490 e. The third kappa shape index (κ3) is 8.41. The van der Waals surface area contributed by atoms with Crippen molar-refractivity contribution < 1.29 is 29.3 Å². The summed E-state index contributed by atoms with van der Waals surface area (Å²) < 4.78 is 13.5. The number of aryl methyl sites for hydroxylation is 2. The van der Waals surface area contributed by atoms with Gasteiger partial charge in [0.1, 0.15) is 24.7 Å². The van der Waals surface area contributed by atoms with E-state index in [0.717, 1.165) is 33.3 Å². The molecule has 0 amide bonds. The maximum atomic E-state index is 11.5. The molecule has 0 atom stereocenters. The first kappa shape index (κ1) is 30.8. The molecule has 4 rings (SSSR count). The molecule has 0 bridgehead atoms. The summed E-state index contributed by atoms with van der Waals surface area (Å²) in [7, 11) is 0. The molecule has 9 heteroatoms. The van der Waals surface area contributed by atoms with Crippen LogP contribution in [0.5, 0.6) is 11.5 Å². The van der Waals surface area contributed by atoms with Crippen LogP contribution in [0.2, 0.25) is 10.0 Å². The van der Waals surface area contributed by atoms with Crippen LogP contribution in [0.1, 0.15) is 35.1 Å². The Kier molecular flexibility index (Phi) is 10.7. The van der Waals surface area contributed by atoms with Crippen molar-refractivity contribution in [3.05, 3.63) is 105 Å². The summed E-state index contributed by atoms with van der Waals surface area (Å²) in [5.41, 5.74) is 4.30. The number of hydrogen-bond acceptors (Lipinski definition) is 4. The largest absolute Gasteiger partial charge is 0.490 e. The van der Waals surface area contributed by atoms with E-state index in [4.69, 9.17) is 37.8 Å². The normalized spacial score (nSPS) is 11.5. The van der Waals surface area contributed by atoms with Crippen LogP contribution >= 0.6 is 23.2 Å². The minimum atomic E-state index is -0.919. The fraction of sp³-hybridized carbons (Fsp3) is 0.212. The van der Waals surface area contributed by atoms with E-state index < -0.39 is 11.9 Å². The lowest BCUT2D eigenvalue weighted by Gasteiger charge is -2.09. The predicted molar refractivity (Wildman–Crippen MR) is 167 cm³/mol. The molecule has 0 saturated heterocycles. The Bertz CT molecular complexity index is 1600. The molecule has 1 aromatic heterocycles. The molecule has 0 aliphatic rings. The number of ether oxygens (including phenoxy) is 2. The van der Waals surface area contributed by atoms with Crippen LogP contribution in [0.15, 0.2) is 72.9 Å². The average Bonchev–Trinajstić information content (AvgIpc) is 3.28. The molecule has 0 spiro atoms. The number of nitrogens with zero attached hydrogens (tertiary/aromatic N) is 1. The van der Waals surface area contributed by atoms with Crippen molar-refractivity contribution in [1.82, 2.24) is 4.57 Å². The molecule has 1 heterocycles. The zero-order chi connectivity index (χ0) is 30.1. The SMILES string of the molecule is Cc1cc(Cl)cc(Cl)c1OCC=CCOc1ccc(C=Cc2cccc3c2c(CC(=O)O)cn3CCCC(=O)O)cc1. The molecule has 7 nitrogen and oxygen atoms in total. The Hall–Kier alpha value is -4.20. The van der Waals surface area contributed by atoms with E-state index in [1.807, 2.05) is 84.5 Å². The monoisotopic (exact) mass is 607 g/mol. The summed E-state index contributed by atoms with van der Waals surface area (Å²) in [6, 6.07) is 16.9. The van der Waals surface area contributed by atoms with E-state index in [1.54, 1.807) is 12.1 Å². The second-order valence-corrected chi connectivity index (χ2v) is 10.5. The molecule has 42 heavy (non-hydrogen) atoms. The molecular weight excluding hydrogens is 577 g/mol. The first-order valence-electron chi connectivity index (χ1n) is 13.4. The molecule has 2 N–H and O–H groups in total. The van der Waals surface area contributed by atoms with E-state index in [9.17, 15) is 14.7 Å². The van der Waals surface area contributed by atoms with Gasteiger partial charge in [-0.05, 0) is 78.1 Å². The predicted octanol–water partition coefficient (Wildman–Crippen LogP) is 7.93. The lowest BCUT2D eigenvalue weighted by molar-refractivity contribution is -0.137. The van der Waals surface area contributed by atoms with E-state index in [1.165, 1.54) is 0 Å². The van der Waals surface area contributed by atoms with E-state index in [0.29, 0.717) is 47.5 Å². The molecular formula is C33H31Cl2NO6. The van der Waals surface area contributed by atoms with Crippen molar-refractivity contribution >= 4 is 58.2 Å². The van der Waals surface area contributed by atoms with Crippen molar-refractivity contribution in [2.45, 2.75) is 32.7 Å². The van der Waals surface area contributed by atoms with Crippen LogP contribution in [0.4, 0.5) is 0 Å². The quantitative estimate of drug-likeness (QED) is 0.111. The third-order valence-corrected chi connectivity index (χ3v) is 7.01. The Balaban J connectivity index is 1.37. The first-order chi connectivity index (χ1) is 20.2. The summed E-state index contributed by atoms with van der Waals surface area (Å²) in [5.74, 6) is -0.441. The number of fused-ring (bicyclic) bond motifs is 1. The van der Waals surface area contributed by atoms with Crippen LogP contribution in [0.25, 0.3) is 23.1 Å². The van der Waals surface area contributed by atoms with Gasteiger partial charge in [0.2, 0.25) is 0 Å². The Morgan fingerprint density at radius 3 is 2.36 bits per heavy atom. The van der Waals surface area contributed by atoms with E-state index >= 15 is 0 Å². The number of aliphatic carboxylic acids is 2. The van der Waals surface area contributed by atoms with E-state index in [-0.39, 0.29) is 12.8 Å². The smallest absolute Gasteiger partial charge is 0.307 e. The van der Waals surface area contributed by atoms with Gasteiger partial charge in [0.15, 0.2) is 0 Å². The Labute approximate surface area is 254 Å². The lowest BCUT2D eigenvalue weighted by atomic mass is 10.0. The number of aromatic nitrogens is 1. The Morgan fingerprint density at radius 1 is 0.929 bits per heavy atom. The summed E-state index contributed by atoms with van der Waals surface area (Å²) in [4.78, 5) is 22.5. The minimum absolute atomic E-state index is 0.0529. The Morgan fingerprint density at radius 2 is 1.67 bits per heavy atom. The summed E-state index contributed by atoms with van der Waals surface area (Å²) >= 11 is 12.2. The standard InChI is InChI=1S/C33H31Cl2NO6/c1-22-18-26(34)20-28(35)33(22)42-17-3-2-16-41-27-13-10-23(11-14-27)9-12-24-6-4-7-29-32(24)25(19-31(39)40)21-36(29)15-5-8-30(37)38/h2-4,6-7,9-14,18,20-21H,5,8,15-17,19H2,1H3,(H,37,38)(H,39,40). The van der Waals surface area contributed by atoms with Gasteiger partial charge >= 0.3 is 11.9 Å². The number of carbonyl (C=O) groups is 2. The summed E-state index contributed by atoms with van der Waals surface area (Å²) in [6.45, 7) is 3.11. The maximum Gasteiger partial charge on any atom is 0.307 e. The fourth-order valence-corrected chi connectivity index (χ4v) is 5.28. The molecule has 0 radical (unpaired) electrons. The number of carboxylic acids is 2. The molecule has 0 aliphatic carbocycles. The second kappa shape index (κ2) is 14.6. The number of halogens is 2. The van der Waals surface area contributed by atoms with Gasteiger partial charge in [-0.15, -0.1) is 0 Å². The second-order valence-electron chi connectivity index (χ2n) is 9.69. The van der Waals surface area contributed by atoms with Gasteiger partial charge in [0.25, 0.3) is 0 Å². The van der Waals surface area contributed by atoms with Crippen LogP contribution in [-0.4, -0.2) is 39.9 Å². The zero-order valence-electron chi connectivity index (χ0n) is 23.1. The number of benzene rings is 3.